The SMILES string of the molecule is CCCOc1ccccc1C(O)c1nccs1. The van der Waals surface area contributed by atoms with E-state index in [4.69, 9.17) is 4.74 Å². The summed E-state index contributed by atoms with van der Waals surface area (Å²) in [6, 6.07) is 7.55. The fourth-order valence-electron chi connectivity index (χ4n) is 1.55. The van der Waals surface area contributed by atoms with E-state index in [0.717, 1.165) is 17.7 Å². The van der Waals surface area contributed by atoms with Crippen molar-refractivity contribution in [3.05, 3.63) is 46.4 Å². The Morgan fingerprint density at radius 2 is 2.24 bits per heavy atom. The molecule has 1 atom stereocenters. The molecule has 0 saturated heterocycles. The standard InChI is InChI=1S/C13H15NO2S/c1-2-8-16-11-6-4-3-5-10(11)12(15)13-14-7-9-17-13/h3-7,9,12,15H,2,8H2,1H3. The van der Waals surface area contributed by atoms with Crippen molar-refractivity contribution in [2.24, 2.45) is 0 Å². The molecule has 1 aromatic heterocycles. The summed E-state index contributed by atoms with van der Waals surface area (Å²) in [5.41, 5.74) is 0.774. The Bertz CT molecular complexity index is 456. The van der Waals surface area contributed by atoms with Crippen molar-refractivity contribution in [2.45, 2.75) is 19.4 Å². The van der Waals surface area contributed by atoms with E-state index in [1.807, 2.05) is 29.6 Å². The van der Waals surface area contributed by atoms with E-state index in [-0.39, 0.29) is 0 Å². The van der Waals surface area contributed by atoms with E-state index in [9.17, 15) is 5.11 Å². The fraction of sp³-hybridized carbons (Fsp3) is 0.308. The molecule has 0 spiro atoms. The maximum atomic E-state index is 10.2. The van der Waals surface area contributed by atoms with Gasteiger partial charge in [-0.1, -0.05) is 25.1 Å². The first kappa shape index (κ1) is 12.1. The van der Waals surface area contributed by atoms with Crippen LogP contribution in [0.1, 0.15) is 30.0 Å². The Balaban J connectivity index is 2.25. The van der Waals surface area contributed by atoms with E-state index in [2.05, 4.69) is 11.9 Å². The minimum Gasteiger partial charge on any atom is -0.493 e. The molecule has 0 aliphatic rings. The van der Waals surface area contributed by atoms with Gasteiger partial charge in [-0.3, -0.25) is 0 Å². The summed E-state index contributed by atoms with van der Waals surface area (Å²) >= 11 is 1.44. The molecule has 17 heavy (non-hydrogen) atoms. The summed E-state index contributed by atoms with van der Waals surface area (Å²) in [5, 5.41) is 12.8. The third-order valence-corrected chi connectivity index (χ3v) is 3.19. The Hall–Kier alpha value is -1.39. The van der Waals surface area contributed by atoms with Gasteiger partial charge in [-0.15, -0.1) is 11.3 Å². The molecular weight excluding hydrogens is 234 g/mol. The van der Waals surface area contributed by atoms with Crippen molar-refractivity contribution >= 4 is 11.3 Å². The Kier molecular flexibility index (Phi) is 4.12. The number of aliphatic hydroxyl groups excluding tert-OH is 1. The van der Waals surface area contributed by atoms with Crippen LogP contribution in [0.4, 0.5) is 0 Å². The van der Waals surface area contributed by atoms with E-state index in [1.54, 1.807) is 6.20 Å². The summed E-state index contributed by atoms with van der Waals surface area (Å²) in [6.45, 7) is 2.71. The third kappa shape index (κ3) is 2.84. The Labute approximate surface area is 105 Å². The van der Waals surface area contributed by atoms with Gasteiger partial charge in [-0.05, 0) is 12.5 Å². The minimum atomic E-state index is -0.706. The van der Waals surface area contributed by atoms with Gasteiger partial charge in [0.2, 0.25) is 0 Å². The van der Waals surface area contributed by atoms with Crippen LogP contribution >= 0.6 is 11.3 Å². The van der Waals surface area contributed by atoms with E-state index >= 15 is 0 Å². The molecule has 2 rings (SSSR count). The number of hydrogen-bond acceptors (Lipinski definition) is 4. The highest BCUT2D eigenvalue weighted by Gasteiger charge is 2.17. The van der Waals surface area contributed by atoms with Crippen molar-refractivity contribution in [3.63, 3.8) is 0 Å². The van der Waals surface area contributed by atoms with Gasteiger partial charge in [0, 0.05) is 17.1 Å². The molecule has 0 amide bonds. The van der Waals surface area contributed by atoms with Gasteiger partial charge in [0.1, 0.15) is 16.9 Å². The predicted molar refractivity (Wildman–Crippen MR) is 68.4 cm³/mol. The van der Waals surface area contributed by atoms with Crippen LogP contribution in [-0.2, 0) is 0 Å². The molecule has 1 aromatic carbocycles. The van der Waals surface area contributed by atoms with Gasteiger partial charge >= 0.3 is 0 Å². The van der Waals surface area contributed by atoms with Crippen LogP contribution in [0.15, 0.2) is 35.8 Å². The van der Waals surface area contributed by atoms with Gasteiger partial charge < -0.3 is 9.84 Å². The highest BCUT2D eigenvalue weighted by molar-refractivity contribution is 7.09. The summed E-state index contributed by atoms with van der Waals surface area (Å²) in [7, 11) is 0. The number of para-hydroxylation sites is 1. The number of benzene rings is 1. The minimum absolute atomic E-state index is 0.654. The number of rotatable bonds is 5. The molecule has 1 heterocycles. The quantitative estimate of drug-likeness (QED) is 0.885. The predicted octanol–water partition coefficient (Wildman–Crippen LogP) is 3.01. The molecule has 0 saturated carbocycles. The molecule has 0 aliphatic heterocycles. The summed E-state index contributed by atoms with van der Waals surface area (Å²) in [5.74, 6) is 0.733. The zero-order chi connectivity index (χ0) is 12.1. The van der Waals surface area contributed by atoms with Gasteiger partial charge in [-0.2, -0.15) is 0 Å². The smallest absolute Gasteiger partial charge is 0.134 e. The summed E-state index contributed by atoms with van der Waals surface area (Å²) in [6.07, 6.45) is 1.93. The number of ether oxygens (including phenoxy) is 1. The molecule has 2 aromatic rings. The molecule has 4 heteroatoms. The molecule has 1 N–H and O–H groups in total. The van der Waals surface area contributed by atoms with Gasteiger partial charge in [0.15, 0.2) is 0 Å². The second kappa shape index (κ2) is 5.80. The molecule has 0 radical (unpaired) electrons. The number of aromatic nitrogens is 1. The average Bonchev–Trinajstić information content (AvgIpc) is 2.89. The lowest BCUT2D eigenvalue weighted by atomic mass is 10.1. The second-order valence-electron chi connectivity index (χ2n) is 3.66. The van der Waals surface area contributed by atoms with Crippen LogP contribution in [0.2, 0.25) is 0 Å². The zero-order valence-electron chi connectivity index (χ0n) is 9.67. The first-order valence-corrected chi connectivity index (χ1v) is 6.50. The highest BCUT2D eigenvalue weighted by atomic mass is 32.1. The Morgan fingerprint density at radius 3 is 2.94 bits per heavy atom. The molecule has 1 unspecified atom stereocenters. The fourth-order valence-corrected chi connectivity index (χ4v) is 2.19. The topological polar surface area (TPSA) is 42.4 Å². The number of nitrogens with zero attached hydrogens (tertiary/aromatic N) is 1. The molecule has 0 bridgehead atoms. The van der Waals surface area contributed by atoms with Crippen molar-refractivity contribution in [2.75, 3.05) is 6.61 Å². The van der Waals surface area contributed by atoms with E-state index in [0.29, 0.717) is 11.6 Å². The maximum Gasteiger partial charge on any atom is 0.134 e. The second-order valence-corrected chi connectivity index (χ2v) is 4.59. The van der Waals surface area contributed by atoms with Crippen LogP contribution in [0.25, 0.3) is 0 Å². The lowest BCUT2D eigenvalue weighted by Gasteiger charge is -2.14. The van der Waals surface area contributed by atoms with Crippen LogP contribution in [0.3, 0.4) is 0 Å². The monoisotopic (exact) mass is 249 g/mol. The lowest BCUT2D eigenvalue weighted by Crippen LogP contribution is -2.04. The molecule has 3 nitrogen and oxygen atoms in total. The normalized spacial score (nSPS) is 12.4. The van der Waals surface area contributed by atoms with Crippen LogP contribution in [0.5, 0.6) is 5.75 Å². The van der Waals surface area contributed by atoms with Gasteiger partial charge in [0.25, 0.3) is 0 Å². The highest BCUT2D eigenvalue weighted by Crippen LogP contribution is 2.30. The van der Waals surface area contributed by atoms with E-state index in [1.165, 1.54) is 11.3 Å². The average molecular weight is 249 g/mol. The first-order valence-electron chi connectivity index (χ1n) is 5.62. The van der Waals surface area contributed by atoms with Crippen LogP contribution < -0.4 is 4.74 Å². The molecule has 90 valence electrons. The third-order valence-electron chi connectivity index (χ3n) is 2.36. The van der Waals surface area contributed by atoms with Crippen molar-refractivity contribution in [3.8, 4) is 5.75 Å². The van der Waals surface area contributed by atoms with Crippen LogP contribution in [0, 0.1) is 0 Å². The number of thiazole rings is 1. The zero-order valence-corrected chi connectivity index (χ0v) is 10.5. The van der Waals surface area contributed by atoms with Crippen molar-refractivity contribution in [1.29, 1.82) is 0 Å². The number of aliphatic hydroxyl groups is 1. The Morgan fingerprint density at radius 1 is 1.41 bits per heavy atom. The van der Waals surface area contributed by atoms with Crippen molar-refractivity contribution in [1.82, 2.24) is 4.98 Å². The largest absolute Gasteiger partial charge is 0.493 e. The molecule has 0 aliphatic carbocycles. The number of hydrogen-bond donors (Lipinski definition) is 1. The first-order chi connectivity index (χ1) is 8.33. The molecule has 0 fully saturated rings. The lowest BCUT2D eigenvalue weighted by molar-refractivity contribution is 0.210. The summed E-state index contributed by atoms with van der Waals surface area (Å²) in [4.78, 5) is 4.13. The summed E-state index contributed by atoms with van der Waals surface area (Å²) < 4.78 is 5.62. The van der Waals surface area contributed by atoms with Crippen LogP contribution in [-0.4, -0.2) is 16.7 Å². The van der Waals surface area contributed by atoms with Gasteiger partial charge in [-0.25, -0.2) is 4.98 Å². The van der Waals surface area contributed by atoms with Crippen molar-refractivity contribution < 1.29 is 9.84 Å². The van der Waals surface area contributed by atoms with Gasteiger partial charge in [0.05, 0.1) is 6.61 Å². The maximum absolute atomic E-state index is 10.2. The van der Waals surface area contributed by atoms with E-state index < -0.39 is 6.10 Å². The molecular formula is C13H15NO2S.